The molecule has 0 fully saturated rings. The maximum Gasteiger partial charge on any atom is 1.00 e. The summed E-state index contributed by atoms with van der Waals surface area (Å²) in [4.78, 5) is 20.8. The fraction of sp³-hybridized carbons (Fsp3) is 0. The Hall–Kier alpha value is -0.840. The number of hydrogen-bond acceptors (Lipinski definition) is 3. The van der Waals surface area contributed by atoms with Gasteiger partial charge in [-0.1, -0.05) is 18.2 Å². The van der Waals surface area contributed by atoms with Crippen molar-refractivity contribution in [3.8, 4) is 0 Å². The molecule has 0 radical (unpaired) electrons. The zero-order valence-corrected chi connectivity index (χ0v) is 9.06. The number of carboxylic acid groups (broad SMARTS) is 1. The molecule has 0 aliphatic carbocycles. The van der Waals surface area contributed by atoms with Gasteiger partial charge in [-0.3, -0.25) is 0 Å². The third-order valence-electron chi connectivity index (χ3n) is 1.19. The molecule has 0 heterocycles. The average Bonchev–Trinajstić information content (AvgIpc) is 2.05. The second kappa shape index (κ2) is 5.75. The molecule has 1 N–H and O–H groups in total. The number of carbonyl (C=O) groups excluding carboxylic acids is 1. The van der Waals surface area contributed by atoms with Crippen molar-refractivity contribution in [2.45, 2.75) is 0 Å². The van der Waals surface area contributed by atoms with E-state index < -0.39 is 12.1 Å². The molecule has 0 saturated heterocycles. The average molecular weight is 190 g/mol. The summed E-state index contributed by atoms with van der Waals surface area (Å²) < 4.78 is 3.91. The first-order chi connectivity index (χ1) is 5.70. The molecule has 0 aliphatic rings. The summed E-state index contributed by atoms with van der Waals surface area (Å²) in [5, 5.41) is 8.10. The van der Waals surface area contributed by atoms with Crippen molar-refractivity contribution in [1.29, 1.82) is 0 Å². The van der Waals surface area contributed by atoms with Gasteiger partial charge in [0.1, 0.15) is 0 Å². The molecule has 0 amide bonds. The second-order valence-electron chi connectivity index (χ2n) is 2.02. The molecule has 1 aromatic rings. The van der Waals surface area contributed by atoms with Crippen LogP contribution in [0.4, 0.5) is 4.79 Å². The Morgan fingerprint density at radius 2 is 1.77 bits per heavy atom. The van der Waals surface area contributed by atoms with E-state index >= 15 is 0 Å². The van der Waals surface area contributed by atoms with Gasteiger partial charge < -0.3 is 11.3 Å². The van der Waals surface area contributed by atoms with Gasteiger partial charge in [-0.2, -0.15) is 0 Å². The smallest absolute Gasteiger partial charge is 1.00 e. The minimum absolute atomic E-state index is 0. The molecule has 5 heteroatoms. The van der Waals surface area contributed by atoms with E-state index in [-0.39, 0.29) is 36.5 Å². The number of esters is 1. The standard InChI is InChI=1S/C8H6O4.Na.H/c9-7(12-8(10)11)6-4-2-1-3-5-6;;/h1-5H,(H,10,11);;/q;+1;-1. The molecule has 0 aromatic heterocycles. The SMILES string of the molecule is O=C(O)OC(=O)c1ccccc1.[H-].[Na+]. The molecule has 0 unspecified atom stereocenters. The minimum Gasteiger partial charge on any atom is -1.00 e. The normalized spacial score (nSPS) is 8.31. The first-order valence-corrected chi connectivity index (χ1v) is 3.20. The molecule has 13 heavy (non-hydrogen) atoms. The summed E-state index contributed by atoms with van der Waals surface area (Å²) in [7, 11) is 0. The van der Waals surface area contributed by atoms with Crippen LogP contribution in [0.1, 0.15) is 11.8 Å². The third kappa shape index (κ3) is 4.07. The van der Waals surface area contributed by atoms with Gasteiger partial charge in [0.2, 0.25) is 0 Å². The molecule has 0 saturated carbocycles. The third-order valence-corrected chi connectivity index (χ3v) is 1.19. The van der Waals surface area contributed by atoms with Gasteiger partial charge in [-0.05, 0) is 12.1 Å². The van der Waals surface area contributed by atoms with E-state index in [9.17, 15) is 9.59 Å². The maximum atomic E-state index is 10.9. The van der Waals surface area contributed by atoms with Crippen LogP contribution in [0.5, 0.6) is 0 Å². The van der Waals surface area contributed by atoms with E-state index in [1.165, 1.54) is 12.1 Å². The molecule has 4 nitrogen and oxygen atoms in total. The number of hydrogen-bond donors (Lipinski definition) is 1. The quantitative estimate of drug-likeness (QED) is 0.337. The Kier molecular flexibility index (Phi) is 5.37. The topological polar surface area (TPSA) is 63.6 Å². The Labute approximate surface area is 98.3 Å². The zero-order chi connectivity index (χ0) is 8.97. The van der Waals surface area contributed by atoms with Crippen LogP contribution in [0.2, 0.25) is 0 Å². The van der Waals surface area contributed by atoms with Crippen LogP contribution in [-0.4, -0.2) is 17.2 Å². The van der Waals surface area contributed by atoms with Crippen molar-refractivity contribution in [1.82, 2.24) is 0 Å². The molecule has 1 aromatic carbocycles. The number of carbonyl (C=O) groups is 2. The van der Waals surface area contributed by atoms with Gasteiger partial charge in [0, 0.05) is 0 Å². The van der Waals surface area contributed by atoms with Gasteiger partial charge in [-0.25, -0.2) is 9.59 Å². The van der Waals surface area contributed by atoms with E-state index in [0.717, 1.165) is 0 Å². The molecule has 0 spiro atoms. The summed E-state index contributed by atoms with van der Waals surface area (Å²) in [6.07, 6.45) is -1.59. The van der Waals surface area contributed by atoms with Crippen molar-refractivity contribution < 1.29 is 50.4 Å². The van der Waals surface area contributed by atoms with Crippen LogP contribution in [-0.2, 0) is 4.74 Å². The summed E-state index contributed by atoms with van der Waals surface area (Å²) in [6, 6.07) is 7.92. The second-order valence-corrected chi connectivity index (χ2v) is 2.02. The van der Waals surface area contributed by atoms with Crippen LogP contribution in [0.25, 0.3) is 0 Å². The number of rotatable bonds is 1. The van der Waals surface area contributed by atoms with Crippen LogP contribution >= 0.6 is 0 Å². The van der Waals surface area contributed by atoms with Crippen LogP contribution in [0.3, 0.4) is 0 Å². The van der Waals surface area contributed by atoms with Crippen molar-refractivity contribution >= 4 is 12.1 Å². The molecular formula is C8H7NaO4. The summed E-state index contributed by atoms with van der Waals surface area (Å²) in [5.41, 5.74) is 0.222. The Morgan fingerprint density at radius 3 is 2.23 bits per heavy atom. The molecule has 0 aliphatic heterocycles. The van der Waals surface area contributed by atoms with E-state index in [1.807, 2.05) is 0 Å². The maximum absolute atomic E-state index is 10.9. The van der Waals surface area contributed by atoms with Gasteiger partial charge in [0.05, 0.1) is 5.56 Å². The minimum atomic E-state index is -1.59. The summed E-state index contributed by atoms with van der Waals surface area (Å²) >= 11 is 0. The van der Waals surface area contributed by atoms with Crippen molar-refractivity contribution in [3.05, 3.63) is 35.9 Å². The van der Waals surface area contributed by atoms with E-state index in [4.69, 9.17) is 5.11 Å². The fourth-order valence-corrected chi connectivity index (χ4v) is 0.712. The Bertz CT molecular complexity index is 301. The van der Waals surface area contributed by atoms with Crippen molar-refractivity contribution in [3.63, 3.8) is 0 Å². The molecule has 64 valence electrons. The Morgan fingerprint density at radius 1 is 1.23 bits per heavy atom. The first kappa shape index (κ1) is 12.2. The summed E-state index contributed by atoms with van der Waals surface area (Å²) in [6.45, 7) is 0. The molecule has 1 rings (SSSR count). The largest absolute Gasteiger partial charge is 1.00 e. The van der Waals surface area contributed by atoms with Gasteiger partial charge in [0.25, 0.3) is 0 Å². The van der Waals surface area contributed by atoms with Crippen molar-refractivity contribution in [2.24, 2.45) is 0 Å². The van der Waals surface area contributed by atoms with E-state index in [0.29, 0.717) is 0 Å². The molecule has 0 atom stereocenters. The van der Waals surface area contributed by atoms with Gasteiger partial charge >= 0.3 is 41.7 Å². The van der Waals surface area contributed by atoms with Crippen molar-refractivity contribution in [2.75, 3.05) is 0 Å². The molecular weight excluding hydrogens is 183 g/mol. The Balaban J connectivity index is 0. The first-order valence-electron chi connectivity index (χ1n) is 3.20. The van der Waals surface area contributed by atoms with Gasteiger partial charge in [0.15, 0.2) is 0 Å². The monoisotopic (exact) mass is 190 g/mol. The van der Waals surface area contributed by atoms with Crippen LogP contribution in [0, 0.1) is 0 Å². The van der Waals surface area contributed by atoms with Crippen LogP contribution in [0.15, 0.2) is 30.3 Å². The van der Waals surface area contributed by atoms with E-state index in [2.05, 4.69) is 4.74 Å². The molecule has 0 bridgehead atoms. The van der Waals surface area contributed by atoms with Gasteiger partial charge in [-0.15, -0.1) is 0 Å². The van der Waals surface area contributed by atoms with Crippen LogP contribution < -0.4 is 29.6 Å². The number of ether oxygens (including phenoxy) is 1. The fourth-order valence-electron chi connectivity index (χ4n) is 0.712. The number of benzene rings is 1. The zero-order valence-electron chi connectivity index (χ0n) is 8.06. The predicted octanol–water partition coefficient (Wildman–Crippen LogP) is -1.36. The van der Waals surface area contributed by atoms with E-state index in [1.54, 1.807) is 18.2 Å². The summed E-state index contributed by atoms with van der Waals surface area (Å²) in [5.74, 6) is -0.858. The predicted molar refractivity (Wildman–Crippen MR) is 41.0 cm³/mol.